The van der Waals surface area contributed by atoms with Gasteiger partial charge in [0, 0.05) is 15.1 Å². The van der Waals surface area contributed by atoms with Crippen molar-refractivity contribution in [3.8, 4) is 0 Å². The summed E-state index contributed by atoms with van der Waals surface area (Å²) in [5.41, 5.74) is 0.476. The van der Waals surface area contributed by atoms with E-state index in [9.17, 15) is 4.79 Å². The van der Waals surface area contributed by atoms with Gasteiger partial charge in [-0.1, -0.05) is 57.3 Å². The molecule has 0 unspecified atom stereocenters. The van der Waals surface area contributed by atoms with Crippen LogP contribution in [0.1, 0.15) is 26.2 Å². The smallest absolute Gasteiger partial charge is 0.333 e. The van der Waals surface area contributed by atoms with Crippen LogP contribution in [-0.4, -0.2) is 25.5 Å². The van der Waals surface area contributed by atoms with Crippen LogP contribution in [0.15, 0.2) is 12.2 Å². The van der Waals surface area contributed by atoms with E-state index < -0.39 is 0 Å². The van der Waals surface area contributed by atoms with Gasteiger partial charge in [0.05, 0.1) is 9.97 Å². The van der Waals surface area contributed by atoms with E-state index in [1.165, 1.54) is 12.5 Å². The second-order valence-corrected chi connectivity index (χ2v) is 11.4. The van der Waals surface area contributed by atoms with Crippen molar-refractivity contribution in [1.82, 2.24) is 0 Å². The van der Waals surface area contributed by atoms with Gasteiger partial charge < -0.3 is 4.74 Å². The highest BCUT2D eigenvalue weighted by molar-refractivity contribution is 9.25. The molecule has 15 heavy (non-hydrogen) atoms. The quantitative estimate of drug-likeness (QED) is 0.219. The lowest BCUT2D eigenvalue weighted by atomic mass is 10.3. The lowest BCUT2D eigenvalue weighted by molar-refractivity contribution is -0.139. The van der Waals surface area contributed by atoms with Crippen LogP contribution in [0.2, 0.25) is 6.04 Å². The summed E-state index contributed by atoms with van der Waals surface area (Å²) < 4.78 is 5.55. The molecule has 2 nitrogen and oxygen atoms in total. The highest BCUT2D eigenvalue weighted by Crippen LogP contribution is 2.10. The van der Waals surface area contributed by atoms with Crippen molar-refractivity contribution in [1.29, 1.82) is 0 Å². The molecule has 0 bridgehead atoms. The number of hydrogen-bond donors (Lipinski definition) is 0. The predicted octanol–water partition coefficient (Wildman–Crippen LogP) is 2.94. The molecule has 5 heteroatoms. The summed E-state index contributed by atoms with van der Waals surface area (Å²) in [6.07, 6.45) is 3.34. The summed E-state index contributed by atoms with van der Waals surface area (Å²) >= 11 is 6.98. The molecule has 0 saturated carbocycles. The summed E-state index contributed by atoms with van der Waals surface area (Å²) in [6, 6.07) is 1.33. The molecule has 88 valence electrons. The van der Waals surface area contributed by atoms with Crippen molar-refractivity contribution in [3.63, 3.8) is 0 Å². The SMILES string of the molecule is C=C(C)C(=O)OCCCCC[SiH2]C(Br)Br. The zero-order valence-corrected chi connectivity index (χ0v) is 13.7. The molecule has 0 rings (SSSR count). The minimum Gasteiger partial charge on any atom is -0.462 e. The topological polar surface area (TPSA) is 26.3 Å². The van der Waals surface area contributed by atoms with Gasteiger partial charge in [0.2, 0.25) is 0 Å². The van der Waals surface area contributed by atoms with Crippen LogP contribution in [0.25, 0.3) is 0 Å². The molecular weight excluding hydrogens is 340 g/mol. The van der Waals surface area contributed by atoms with Gasteiger partial charge in [-0.05, 0) is 13.3 Å². The fraction of sp³-hybridized carbons (Fsp3) is 0.700. The number of halogens is 2. The Morgan fingerprint density at radius 3 is 2.60 bits per heavy atom. The van der Waals surface area contributed by atoms with Gasteiger partial charge in [-0.2, -0.15) is 0 Å². The lowest BCUT2D eigenvalue weighted by Gasteiger charge is -2.04. The van der Waals surface area contributed by atoms with Crippen LogP contribution >= 0.6 is 31.9 Å². The molecule has 0 aromatic rings. The Balaban J connectivity index is 3.18. The largest absolute Gasteiger partial charge is 0.462 e. The zero-order valence-electron chi connectivity index (χ0n) is 9.10. The van der Waals surface area contributed by atoms with Crippen molar-refractivity contribution in [2.45, 2.75) is 35.6 Å². The Labute approximate surface area is 111 Å². The molecule has 0 atom stereocenters. The first-order chi connectivity index (χ1) is 7.04. The number of unbranched alkanes of at least 4 members (excludes halogenated alkanes) is 2. The Hall–Kier alpha value is 0.387. The lowest BCUT2D eigenvalue weighted by Crippen LogP contribution is -2.06. The number of carbonyl (C=O) groups excluding carboxylic acids is 1. The van der Waals surface area contributed by atoms with Crippen molar-refractivity contribution in [2.24, 2.45) is 0 Å². The second kappa shape index (κ2) is 9.60. The summed E-state index contributed by atoms with van der Waals surface area (Å²) in [7, 11) is -0.00523. The Kier molecular flexibility index (Phi) is 9.85. The van der Waals surface area contributed by atoms with Crippen LogP contribution in [0.3, 0.4) is 0 Å². The third kappa shape index (κ3) is 10.7. The van der Waals surface area contributed by atoms with Crippen molar-refractivity contribution < 1.29 is 9.53 Å². The maximum absolute atomic E-state index is 11.0. The predicted molar refractivity (Wildman–Crippen MR) is 74.6 cm³/mol. The fourth-order valence-electron chi connectivity index (χ4n) is 1.04. The third-order valence-corrected chi connectivity index (χ3v) is 5.99. The standard InChI is InChI=1S/C10H18Br2O2Si/c1-8(2)9(13)14-6-4-3-5-7-15-10(11)12/h10H,1,3-7,15H2,2H3. The number of esters is 1. The summed E-state index contributed by atoms with van der Waals surface area (Å²) in [5.74, 6) is -0.273. The summed E-state index contributed by atoms with van der Waals surface area (Å²) in [5, 5.41) is 0. The van der Waals surface area contributed by atoms with Crippen LogP contribution < -0.4 is 0 Å². The van der Waals surface area contributed by atoms with E-state index in [2.05, 4.69) is 38.4 Å². The average Bonchev–Trinajstić information content (AvgIpc) is 2.15. The minimum absolute atomic E-state index is 0.00523. The normalized spacial score (nSPS) is 11.2. The van der Waals surface area contributed by atoms with Gasteiger partial charge >= 0.3 is 5.97 Å². The maximum Gasteiger partial charge on any atom is 0.333 e. The highest BCUT2D eigenvalue weighted by Gasteiger charge is 2.02. The molecular formula is C10H18Br2O2Si. The first-order valence-corrected chi connectivity index (χ1v) is 8.79. The van der Waals surface area contributed by atoms with Crippen LogP contribution in [0.5, 0.6) is 0 Å². The van der Waals surface area contributed by atoms with Gasteiger partial charge in [-0.15, -0.1) is 0 Å². The average molecular weight is 358 g/mol. The van der Waals surface area contributed by atoms with E-state index in [-0.39, 0.29) is 15.5 Å². The number of rotatable bonds is 8. The fourth-order valence-corrected chi connectivity index (χ4v) is 3.94. The first-order valence-electron chi connectivity index (χ1n) is 5.15. The summed E-state index contributed by atoms with van der Waals surface area (Å²) in [4.78, 5) is 11.0. The van der Waals surface area contributed by atoms with E-state index in [0.29, 0.717) is 15.5 Å². The molecule has 0 amide bonds. The summed E-state index contributed by atoms with van der Waals surface area (Å²) in [6.45, 7) is 5.72. The molecule has 0 aliphatic carbocycles. The highest BCUT2D eigenvalue weighted by atomic mass is 79.9. The number of hydrogen-bond acceptors (Lipinski definition) is 2. The number of carbonyl (C=O) groups is 1. The molecule has 0 aliphatic heterocycles. The Bertz CT molecular complexity index is 208. The van der Waals surface area contributed by atoms with Crippen molar-refractivity contribution in [3.05, 3.63) is 12.2 Å². The van der Waals surface area contributed by atoms with Crippen LogP contribution in [-0.2, 0) is 9.53 Å². The van der Waals surface area contributed by atoms with Gasteiger partial charge in [-0.3, -0.25) is 0 Å². The number of alkyl halides is 2. The van der Waals surface area contributed by atoms with E-state index in [4.69, 9.17) is 4.74 Å². The zero-order chi connectivity index (χ0) is 11.7. The first kappa shape index (κ1) is 15.4. The van der Waals surface area contributed by atoms with Crippen molar-refractivity contribution in [2.75, 3.05) is 6.61 Å². The molecule has 0 saturated heterocycles. The molecule has 0 aliphatic rings. The maximum atomic E-state index is 11.0. The van der Waals surface area contributed by atoms with Crippen molar-refractivity contribution >= 4 is 47.3 Å². The molecule has 0 fully saturated rings. The second-order valence-electron chi connectivity index (χ2n) is 3.51. The molecule has 0 N–H and O–H groups in total. The van der Waals surface area contributed by atoms with Gasteiger partial charge in [0.15, 0.2) is 0 Å². The molecule has 0 aromatic heterocycles. The molecule has 0 radical (unpaired) electrons. The molecule has 0 aromatic carbocycles. The van der Waals surface area contributed by atoms with Crippen LogP contribution in [0, 0.1) is 0 Å². The van der Waals surface area contributed by atoms with Crippen LogP contribution in [0.4, 0.5) is 0 Å². The van der Waals surface area contributed by atoms with Gasteiger partial charge in [0.25, 0.3) is 0 Å². The van der Waals surface area contributed by atoms with Gasteiger partial charge in [0.1, 0.15) is 0 Å². The Morgan fingerprint density at radius 1 is 1.40 bits per heavy atom. The van der Waals surface area contributed by atoms with E-state index >= 15 is 0 Å². The monoisotopic (exact) mass is 356 g/mol. The third-order valence-electron chi connectivity index (χ3n) is 1.90. The van der Waals surface area contributed by atoms with E-state index in [1.807, 2.05) is 0 Å². The Morgan fingerprint density at radius 2 is 2.07 bits per heavy atom. The van der Waals surface area contributed by atoms with Gasteiger partial charge in [-0.25, -0.2) is 4.79 Å². The minimum atomic E-state index is -0.273. The van der Waals surface area contributed by atoms with E-state index in [1.54, 1.807) is 6.92 Å². The molecule has 0 spiro atoms. The van der Waals surface area contributed by atoms with E-state index in [0.717, 1.165) is 12.8 Å². The molecule has 0 heterocycles. The number of ether oxygens (including phenoxy) is 1.